The minimum Gasteiger partial charge on any atom is -0.462 e. The number of phosphoric acid groups is 1. The number of aliphatic hydroxyl groups excluding tert-OH is 2. The van der Waals surface area contributed by atoms with E-state index in [4.69, 9.17) is 19.1 Å². The highest BCUT2D eigenvalue weighted by atomic mass is 31.2. The lowest BCUT2D eigenvalue weighted by molar-refractivity contribution is -0.161. The van der Waals surface area contributed by atoms with Crippen molar-refractivity contribution in [3.63, 3.8) is 0 Å². The fourth-order valence-electron chi connectivity index (χ4n) is 5.69. The molecule has 0 saturated heterocycles. The van der Waals surface area contributed by atoms with Crippen LogP contribution in [0.15, 0.2) is 12.2 Å². The molecular weight excluding hydrogens is 671 g/mol. The molecular formula is C40H77O10P. The number of carbonyl (C=O) groups excluding carboxylic acids is 2. The molecule has 0 fully saturated rings. The van der Waals surface area contributed by atoms with Gasteiger partial charge in [-0.3, -0.25) is 18.6 Å². The van der Waals surface area contributed by atoms with Crippen LogP contribution in [0.3, 0.4) is 0 Å². The molecule has 3 N–H and O–H groups in total. The number of unbranched alkanes of at least 4 members (excludes halogenated alkanes) is 23. The van der Waals surface area contributed by atoms with Gasteiger partial charge in [-0.15, -0.1) is 0 Å². The monoisotopic (exact) mass is 749 g/mol. The maximum Gasteiger partial charge on any atom is 0.472 e. The van der Waals surface area contributed by atoms with E-state index in [1.807, 2.05) is 0 Å². The Morgan fingerprint density at radius 2 is 0.961 bits per heavy atom. The molecule has 3 atom stereocenters. The third-order valence-electron chi connectivity index (χ3n) is 8.92. The molecule has 11 heteroatoms. The Morgan fingerprint density at radius 3 is 1.41 bits per heavy atom. The molecule has 0 aliphatic carbocycles. The van der Waals surface area contributed by atoms with Crippen molar-refractivity contribution in [2.75, 3.05) is 26.4 Å². The number of hydrogen-bond donors (Lipinski definition) is 3. The molecule has 0 heterocycles. The topological polar surface area (TPSA) is 149 Å². The van der Waals surface area contributed by atoms with Crippen LogP contribution in [-0.4, -0.2) is 65.7 Å². The highest BCUT2D eigenvalue weighted by Gasteiger charge is 2.27. The summed E-state index contributed by atoms with van der Waals surface area (Å²) < 4.78 is 32.6. The zero-order valence-electron chi connectivity index (χ0n) is 32.6. The Labute approximate surface area is 311 Å². The summed E-state index contributed by atoms with van der Waals surface area (Å²) in [5, 5.41) is 18.3. The molecule has 0 radical (unpaired) electrons. The fraction of sp³-hybridized carbons (Fsp3) is 0.900. The Hall–Kier alpha value is -1.29. The Morgan fingerprint density at radius 1 is 0.569 bits per heavy atom. The molecule has 1 unspecified atom stereocenters. The standard InChI is InChI=1S/C40H77O10P/c1-3-5-7-9-11-13-15-17-18-20-22-24-26-28-30-32-40(44)50-38(36-49-51(45,46)48-34-37(42)33-41)35-47-39(43)31-29-27-25-23-21-19-16-14-12-10-8-6-4-2/h15,17,37-38,41-42H,3-14,16,18-36H2,1-2H3,(H,45,46)/b17-15-/t37-,38+/m0/s1. The van der Waals surface area contributed by atoms with Crippen LogP contribution in [0.25, 0.3) is 0 Å². The first-order chi connectivity index (χ1) is 24.7. The summed E-state index contributed by atoms with van der Waals surface area (Å²) in [4.78, 5) is 34.9. The minimum atomic E-state index is -4.61. The molecule has 0 aliphatic heterocycles. The second-order valence-electron chi connectivity index (χ2n) is 14.0. The second-order valence-corrected chi connectivity index (χ2v) is 15.5. The number of esters is 2. The quantitative estimate of drug-likeness (QED) is 0.0240. The molecule has 10 nitrogen and oxygen atoms in total. The van der Waals surface area contributed by atoms with Gasteiger partial charge in [-0.25, -0.2) is 4.57 Å². The molecule has 0 aliphatic rings. The Bertz CT molecular complexity index is 868. The third kappa shape index (κ3) is 36.8. The van der Waals surface area contributed by atoms with Crippen LogP contribution in [0, 0.1) is 0 Å². The summed E-state index contributed by atoms with van der Waals surface area (Å²) in [5.41, 5.74) is 0. The van der Waals surface area contributed by atoms with Gasteiger partial charge in [-0.05, 0) is 38.5 Å². The van der Waals surface area contributed by atoms with E-state index in [2.05, 4.69) is 30.5 Å². The van der Waals surface area contributed by atoms with Crippen LogP contribution in [-0.2, 0) is 32.7 Å². The van der Waals surface area contributed by atoms with Crippen molar-refractivity contribution in [1.82, 2.24) is 0 Å². The highest BCUT2D eigenvalue weighted by Crippen LogP contribution is 2.43. The van der Waals surface area contributed by atoms with Crippen molar-refractivity contribution in [3.8, 4) is 0 Å². The first-order valence-electron chi connectivity index (χ1n) is 20.6. The summed E-state index contributed by atoms with van der Waals surface area (Å²) in [5.74, 6) is -0.924. The predicted octanol–water partition coefficient (Wildman–Crippen LogP) is 10.4. The summed E-state index contributed by atoms with van der Waals surface area (Å²) in [6.07, 6.45) is 33.2. The average molecular weight is 749 g/mol. The van der Waals surface area contributed by atoms with Gasteiger partial charge in [-0.1, -0.05) is 154 Å². The van der Waals surface area contributed by atoms with E-state index in [0.29, 0.717) is 12.8 Å². The number of rotatable bonds is 39. The molecule has 0 spiro atoms. The van der Waals surface area contributed by atoms with E-state index in [9.17, 15) is 24.2 Å². The largest absolute Gasteiger partial charge is 0.472 e. The fourth-order valence-corrected chi connectivity index (χ4v) is 6.48. The first-order valence-corrected chi connectivity index (χ1v) is 22.1. The van der Waals surface area contributed by atoms with Gasteiger partial charge < -0.3 is 24.6 Å². The molecule has 0 bridgehead atoms. The number of phosphoric ester groups is 1. The lowest BCUT2D eigenvalue weighted by Gasteiger charge is -2.20. The predicted molar refractivity (Wildman–Crippen MR) is 205 cm³/mol. The van der Waals surface area contributed by atoms with E-state index < -0.39 is 51.8 Å². The van der Waals surface area contributed by atoms with Gasteiger partial charge in [-0.2, -0.15) is 0 Å². The molecule has 302 valence electrons. The first kappa shape index (κ1) is 49.7. The van der Waals surface area contributed by atoms with Crippen LogP contribution >= 0.6 is 7.82 Å². The number of ether oxygens (including phenoxy) is 2. The minimum absolute atomic E-state index is 0.181. The Kier molecular flexibility index (Phi) is 36.1. The second kappa shape index (κ2) is 37.0. The molecule has 0 aromatic heterocycles. The smallest absolute Gasteiger partial charge is 0.462 e. The van der Waals surface area contributed by atoms with Crippen LogP contribution in [0.1, 0.15) is 194 Å². The van der Waals surface area contributed by atoms with Gasteiger partial charge in [0.1, 0.15) is 12.7 Å². The van der Waals surface area contributed by atoms with Gasteiger partial charge in [0, 0.05) is 12.8 Å². The number of aliphatic hydroxyl groups is 2. The van der Waals surface area contributed by atoms with Gasteiger partial charge in [0.25, 0.3) is 0 Å². The SMILES string of the molecule is CCCCCCC/C=C\CCCCCCCCC(=O)O[C@H](COC(=O)CCCCCCCCCCCCCCC)COP(=O)(O)OC[C@@H](O)CO. The van der Waals surface area contributed by atoms with E-state index >= 15 is 0 Å². The molecule has 0 aromatic rings. The van der Waals surface area contributed by atoms with Crippen molar-refractivity contribution < 1.29 is 47.8 Å². The number of allylic oxidation sites excluding steroid dienone is 2. The number of carbonyl (C=O) groups is 2. The molecule has 0 saturated carbocycles. The summed E-state index contributed by atoms with van der Waals surface area (Å²) >= 11 is 0. The van der Waals surface area contributed by atoms with Crippen LogP contribution < -0.4 is 0 Å². The van der Waals surface area contributed by atoms with E-state index in [0.717, 1.165) is 51.4 Å². The van der Waals surface area contributed by atoms with Crippen LogP contribution in [0.2, 0.25) is 0 Å². The normalized spacial score (nSPS) is 14.1. The van der Waals surface area contributed by atoms with Gasteiger partial charge in [0.2, 0.25) is 0 Å². The van der Waals surface area contributed by atoms with Crippen molar-refractivity contribution in [1.29, 1.82) is 0 Å². The van der Waals surface area contributed by atoms with Crippen LogP contribution in [0.5, 0.6) is 0 Å². The van der Waals surface area contributed by atoms with E-state index in [1.54, 1.807) is 0 Å². The average Bonchev–Trinajstić information content (AvgIpc) is 3.12. The van der Waals surface area contributed by atoms with Crippen LogP contribution in [0.4, 0.5) is 0 Å². The zero-order chi connectivity index (χ0) is 37.7. The summed E-state index contributed by atoms with van der Waals surface area (Å²) in [6, 6.07) is 0. The van der Waals surface area contributed by atoms with Crippen molar-refractivity contribution in [2.45, 2.75) is 206 Å². The lowest BCUT2D eigenvalue weighted by atomic mass is 10.0. The molecule has 51 heavy (non-hydrogen) atoms. The third-order valence-corrected chi connectivity index (χ3v) is 9.87. The molecule has 0 aromatic carbocycles. The maximum absolute atomic E-state index is 12.6. The van der Waals surface area contributed by atoms with E-state index in [-0.39, 0.29) is 19.4 Å². The van der Waals surface area contributed by atoms with Crippen molar-refractivity contribution in [3.05, 3.63) is 12.2 Å². The summed E-state index contributed by atoms with van der Waals surface area (Å²) in [6.45, 7) is 2.37. The van der Waals surface area contributed by atoms with Gasteiger partial charge in [0.15, 0.2) is 6.10 Å². The molecule has 0 amide bonds. The summed E-state index contributed by atoms with van der Waals surface area (Å²) in [7, 11) is -4.61. The van der Waals surface area contributed by atoms with Crippen molar-refractivity contribution in [2.24, 2.45) is 0 Å². The Balaban J connectivity index is 4.32. The van der Waals surface area contributed by atoms with Gasteiger partial charge in [0.05, 0.1) is 19.8 Å². The number of hydrogen-bond acceptors (Lipinski definition) is 9. The highest BCUT2D eigenvalue weighted by molar-refractivity contribution is 7.47. The molecule has 0 rings (SSSR count). The maximum atomic E-state index is 12.6. The van der Waals surface area contributed by atoms with Gasteiger partial charge >= 0.3 is 19.8 Å². The zero-order valence-corrected chi connectivity index (χ0v) is 33.5. The van der Waals surface area contributed by atoms with Crippen molar-refractivity contribution >= 4 is 19.8 Å². The lowest BCUT2D eigenvalue weighted by Crippen LogP contribution is -2.29. The van der Waals surface area contributed by atoms with E-state index in [1.165, 1.54) is 103 Å².